The summed E-state index contributed by atoms with van der Waals surface area (Å²) in [5, 5.41) is 22.3. The first-order chi connectivity index (χ1) is 9.65. The average molecular weight is 294 g/mol. The van der Waals surface area contributed by atoms with Gasteiger partial charge in [-0.05, 0) is 26.3 Å². The van der Waals surface area contributed by atoms with Gasteiger partial charge in [-0.2, -0.15) is 0 Å². The summed E-state index contributed by atoms with van der Waals surface area (Å²) in [5.41, 5.74) is -0.647. The van der Waals surface area contributed by atoms with Crippen molar-refractivity contribution in [3.05, 3.63) is 39.9 Å². The molecule has 1 unspecified atom stereocenters. The summed E-state index contributed by atoms with van der Waals surface area (Å²) in [7, 11) is 0. The minimum atomic E-state index is -1.07. The van der Waals surface area contributed by atoms with Gasteiger partial charge >= 0.3 is 5.97 Å². The average Bonchev–Trinajstić information content (AvgIpc) is 2.43. The zero-order chi connectivity index (χ0) is 16.2. The lowest BCUT2D eigenvalue weighted by Gasteiger charge is -2.21. The Morgan fingerprint density at radius 3 is 2.57 bits per heavy atom. The maximum atomic E-state index is 12.0. The third-order valence-electron chi connectivity index (χ3n) is 3.26. The molecular weight excluding hydrogens is 276 g/mol. The highest BCUT2D eigenvalue weighted by Gasteiger charge is 2.28. The first-order valence-electron chi connectivity index (χ1n) is 6.40. The number of carbonyl (C=O) groups is 2. The van der Waals surface area contributed by atoms with Crippen LogP contribution in [0.1, 0.15) is 32.3 Å². The molecule has 0 aliphatic rings. The van der Waals surface area contributed by atoms with Crippen molar-refractivity contribution in [3.8, 4) is 0 Å². The van der Waals surface area contributed by atoms with Crippen LogP contribution in [0, 0.1) is 15.5 Å². The molecule has 0 aliphatic heterocycles. The lowest BCUT2D eigenvalue weighted by Crippen LogP contribution is -2.40. The smallest absolute Gasteiger partial charge is 0.310 e. The number of hydrogen-bond donors (Lipinski definition) is 2. The van der Waals surface area contributed by atoms with Crippen LogP contribution in [0.15, 0.2) is 24.3 Å². The van der Waals surface area contributed by atoms with E-state index in [0.717, 1.165) is 0 Å². The molecule has 0 heterocycles. The third-order valence-corrected chi connectivity index (χ3v) is 3.26. The SMILES string of the molecule is CC(C(=O)NCC(C)(C)C(=O)O)c1cccc([N+](=O)[O-])c1. The number of nitro benzene ring substituents is 1. The van der Waals surface area contributed by atoms with Gasteiger partial charge in [0.25, 0.3) is 5.69 Å². The molecule has 21 heavy (non-hydrogen) atoms. The Bertz CT molecular complexity index is 568. The van der Waals surface area contributed by atoms with E-state index in [4.69, 9.17) is 5.11 Å². The number of nitrogens with one attached hydrogen (secondary N) is 1. The van der Waals surface area contributed by atoms with Gasteiger partial charge in [-0.15, -0.1) is 0 Å². The maximum absolute atomic E-state index is 12.0. The number of hydrogen-bond acceptors (Lipinski definition) is 4. The monoisotopic (exact) mass is 294 g/mol. The van der Waals surface area contributed by atoms with Crippen molar-refractivity contribution >= 4 is 17.6 Å². The van der Waals surface area contributed by atoms with Crippen molar-refractivity contribution in [2.45, 2.75) is 26.7 Å². The quantitative estimate of drug-likeness (QED) is 0.615. The number of carbonyl (C=O) groups excluding carboxylic acids is 1. The van der Waals surface area contributed by atoms with E-state index in [-0.39, 0.29) is 18.1 Å². The number of aliphatic carboxylic acids is 1. The Morgan fingerprint density at radius 1 is 1.43 bits per heavy atom. The van der Waals surface area contributed by atoms with Crippen molar-refractivity contribution < 1.29 is 19.6 Å². The fourth-order valence-corrected chi connectivity index (χ4v) is 1.60. The second kappa shape index (κ2) is 6.34. The van der Waals surface area contributed by atoms with Gasteiger partial charge in [0.2, 0.25) is 5.91 Å². The van der Waals surface area contributed by atoms with Crippen LogP contribution in [0.25, 0.3) is 0 Å². The molecule has 7 nitrogen and oxygen atoms in total. The van der Waals surface area contributed by atoms with Crippen LogP contribution in [-0.4, -0.2) is 28.5 Å². The Kier molecular flexibility index (Phi) is 5.02. The molecule has 0 fully saturated rings. The van der Waals surface area contributed by atoms with E-state index in [1.165, 1.54) is 32.0 Å². The minimum Gasteiger partial charge on any atom is -0.481 e. The molecule has 1 atom stereocenters. The molecule has 1 aromatic carbocycles. The molecule has 0 bridgehead atoms. The largest absolute Gasteiger partial charge is 0.481 e. The molecule has 0 radical (unpaired) electrons. The number of nitrogens with zero attached hydrogens (tertiary/aromatic N) is 1. The fourth-order valence-electron chi connectivity index (χ4n) is 1.60. The Hall–Kier alpha value is -2.44. The van der Waals surface area contributed by atoms with Gasteiger partial charge in [-0.25, -0.2) is 0 Å². The van der Waals surface area contributed by atoms with E-state index in [2.05, 4.69) is 5.32 Å². The maximum Gasteiger partial charge on any atom is 0.310 e. The predicted octanol–water partition coefficient (Wildman–Crippen LogP) is 1.93. The molecule has 0 saturated heterocycles. The van der Waals surface area contributed by atoms with Gasteiger partial charge < -0.3 is 10.4 Å². The highest BCUT2D eigenvalue weighted by Crippen LogP contribution is 2.21. The Labute approximate surface area is 122 Å². The van der Waals surface area contributed by atoms with Crippen LogP contribution in [-0.2, 0) is 9.59 Å². The summed E-state index contributed by atoms with van der Waals surface area (Å²) in [5.74, 6) is -1.98. The summed E-state index contributed by atoms with van der Waals surface area (Å²) >= 11 is 0. The van der Waals surface area contributed by atoms with Crippen molar-refractivity contribution in [2.24, 2.45) is 5.41 Å². The molecule has 2 N–H and O–H groups in total. The highest BCUT2D eigenvalue weighted by atomic mass is 16.6. The summed E-state index contributed by atoms with van der Waals surface area (Å²) < 4.78 is 0. The van der Waals surface area contributed by atoms with E-state index in [9.17, 15) is 19.7 Å². The summed E-state index contributed by atoms with van der Waals surface area (Å²) in [4.78, 5) is 33.2. The Balaban J connectivity index is 2.77. The number of rotatable bonds is 6. The zero-order valence-electron chi connectivity index (χ0n) is 12.1. The van der Waals surface area contributed by atoms with Crippen LogP contribution >= 0.6 is 0 Å². The number of amides is 1. The molecule has 0 saturated carbocycles. The fraction of sp³-hybridized carbons (Fsp3) is 0.429. The molecule has 0 aromatic heterocycles. The van der Waals surface area contributed by atoms with Crippen LogP contribution in [0.5, 0.6) is 0 Å². The standard InChI is InChI=1S/C14H18N2O5/c1-9(10-5-4-6-11(7-10)16(20)21)12(17)15-8-14(2,3)13(18)19/h4-7,9H,8H2,1-3H3,(H,15,17)(H,18,19). The molecule has 1 aromatic rings. The first kappa shape index (κ1) is 16.6. The third kappa shape index (κ3) is 4.27. The van der Waals surface area contributed by atoms with Crippen molar-refractivity contribution in [3.63, 3.8) is 0 Å². The van der Waals surface area contributed by atoms with Crippen molar-refractivity contribution in [2.75, 3.05) is 6.54 Å². The van der Waals surface area contributed by atoms with Gasteiger partial charge in [0.1, 0.15) is 0 Å². The number of non-ortho nitro benzene ring substituents is 1. The van der Waals surface area contributed by atoms with E-state index in [1.54, 1.807) is 13.0 Å². The van der Waals surface area contributed by atoms with Gasteiger partial charge in [-0.1, -0.05) is 12.1 Å². The molecule has 1 amide bonds. The zero-order valence-corrected chi connectivity index (χ0v) is 12.1. The highest BCUT2D eigenvalue weighted by molar-refractivity contribution is 5.84. The predicted molar refractivity (Wildman–Crippen MR) is 75.9 cm³/mol. The topological polar surface area (TPSA) is 110 Å². The second-order valence-electron chi connectivity index (χ2n) is 5.48. The first-order valence-corrected chi connectivity index (χ1v) is 6.40. The van der Waals surface area contributed by atoms with Crippen LogP contribution < -0.4 is 5.32 Å². The molecule has 7 heteroatoms. The van der Waals surface area contributed by atoms with E-state index in [0.29, 0.717) is 5.56 Å². The summed E-state index contributed by atoms with van der Waals surface area (Å²) in [6, 6.07) is 5.83. The number of carboxylic acids is 1. The van der Waals surface area contributed by atoms with Crippen LogP contribution in [0.3, 0.4) is 0 Å². The van der Waals surface area contributed by atoms with Crippen molar-refractivity contribution in [1.29, 1.82) is 0 Å². The van der Waals surface area contributed by atoms with Crippen molar-refractivity contribution in [1.82, 2.24) is 5.32 Å². The second-order valence-corrected chi connectivity index (χ2v) is 5.48. The summed E-state index contributed by atoms with van der Waals surface area (Å²) in [6.45, 7) is 4.61. The normalized spacial score (nSPS) is 12.5. The van der Waals surface area contributed by atoms with Gasteiger partial charge in [0, 0.05) is 18.7 Å². The van der Waals surface area contributed by atoms with Gasteiger partial charge in [0.05, 0.1) is 16.3 Å². The molecule has 114 valence electrons. The summed E-state index contributed by atoms with van der Waals surface area (Å²) in [6.07, 6.45) is 0. The van der Waals surface area contributed by atoms with Crippen LogP contribution in [0.2, 0.25) is 0 Å². The van der Waals surface area contributed by atoms with Gasteiger partial charge in [-0.3, -0.25) is 19.7 Å². The molecule has 1 rings (SSSR count). The van der Waals surface area contributed by atoms with Crippen LogP contribution in [0.4, 0.5) is 5.69 Å². The Morgan fingerprint density at radius 2 is 2.05 bits per heavy atom. The number of benzene rings is 1. The number of nitro groups is 1. The molecular formula is C14H18N2O5. The van der Waals surface area contributed by atoms with E-state index in [1.807, 2.05) is 0 Å². The number of carboxylic acid groups (broad SMARTS) is 1. The lowest BCUT2D eigenvalue weighted by atomic mass is 9.93. The van der Waals surface area contributed by atoms with E-state index >= 15 is 0 Å². The lowest BCUT2D eigenvalue weighted by molar-refractivity contribution is -0.384. The van der Waals surface area contributed by atoms with E-state index < -0.39 is 22.2 Å². The molecule has 0 spiro atoms. The minimum absolute atomic E-state index is 0.0135. The molecule has 0 aliphatic carbocycles. The van der Waals surface area contributed by atoms with Gasteiger partial charge in [0.15, 0.2) is 0 Å².